The van der Waals surface area contributed by atoms with E-state index in [0.717, 1.165) is 11.3 Å². The second kappa shape index (κ2) is 8.40. The number of aryl methyl sites for hydroxylation is 2. The molecule has 0 fully saturated rings. The van der Waals surface area contributed by atoms with E-state index >= 15 is 0 Å². The minimum absolute atomic E-state index is 0.178. The molecule has 2 aromatic rings. The number of benzene rings is 1. The summed E-state index contributed by atoms with van der Waals surface area (Å²) in [5.41, 5.74) is 6.30. The van der Waals surface area contributed by atoms with E-state index in [1.807, 2.05) is 13.0 Å². The zero-order chi connectivity index (χ0) is 17.5. The topological polar surface area (TPSA) is 80.6 Å². The van der Waals surface area contributed by atoms with E-state index in [9.17, 15) is 9.59 Å². The molecule has 0 saturated carbocycles. The van der Waals surface area contributed by atoms with Crippen LogP contribution in [0.4, 0.5) is 0 Å². The molecule has 0 aliphatic heterocycles. The summed E-state index contributed by atoms with van der Waals surface area (Å²) in [6.45, 7) is 4.04. The highest BCUT2D eigenvalue weighted by Gasteiger charge is 2.13. The third-order valence-corrected chi connectivity index (χ3v) is 3.56. The highest BCUT2D eigenvalue weighted by molar-refractivity contribution is 6.30. The molecule has 0 bridgehead atoms. The van der Waals surface area contributed by atoms with E-state index in [-0.39, 0.29) is 18.1 Å². The van der Waals surface area contributed by atoms with Gasteiger partial charge < -0.3 is 9.15 Å². The number of halogens is 1. The van der Waals surface area contributed by atoms with E-state index in [1.54, 1.807) is 25.1 Å². The quantitative estimate of drug-likeness (QED) is 0.619. The van der Waals surface area contributed by atoms with Crippen molar-refractivity contribution in [3.63, 3.8) is 0 Å². The average Bonchev–Trinajstić information content (AvgIpc) is 2.97. The van der Waals surface area contributed by atoms with Crippen LogP contribution >= 0.6 is 11.6 Å². The fourth-order valence-corrected chi connectivity index (χ4v) is 2.27. The molecule has 2 rings (SSSR count). The standard InChI is InChI=1S/C17H19ClN2O4/c1-11-7-9-24-16(11)17(22)20-19-15(21)4-3-8-23-14-6-5-13(18)10-12(14)2/h5-7,9-10H,3-4,8H2,1-2H3,(H,19,21)(H,20,22). The molecule has 1 heterocycles. The molecule has 0 spiro atoms. The summed E-state index contributed by atoms with van der Waals surface area (Å²) >= 11 is 5.88. The molecule has 0 saturated heterocycles. The van der Waals surface area contributed by atoms with Gasteiger partial charge in [-0.05, 0) is 50.1 Å². The number of amides is 2. The second-order valence-corrected chi connectivity index (χ2v) is 5.73. The van der Waals surface area contributed by atoms with Gasteiger partial charge in [-0.1, -0.05) is 11.6 Å². The van der Waals surface area contributed by atoms with Crippen molar-refractivity contribution in [2.24, 2.45) is 0 Å². The van der Waals surface area contributed by atoms with Gasteiger partial charge >= 0.3 is 5.91 Å². The molecule has 24 heavy (non-hydrogen) atoms. The highest BCUT2D eigenvalue weighted by Crippen LogP contribution is 2.21. The molecule has 6 nitrogen and oxygen atoms in total. The molecular formula is C17H19ClN2O4. The third-order valence-electron chi connectivity index (χ3n) is 3.33. The monoisotopic (exact) mass is 350 g/mol. The predicted molar refractivity (Wildman–Crippen MR) is 90.0 cm³/mol. The van der Waals surface area contributed by atoms with Crippen LogP contribution in [-0.2, 0) is 4.79 Å². The van der Waals surface area contributed by atoms with Crippen molar-refractivity contribution < 1.29 is 18.7 Å². The first-order chi connectivity index (χ1) is 11.5. The van der Waals surface area contributed by atoms with E-state index in [0.29, 0.717) is 23.6 Å². The number of hydrogen-bond acceptors (Lipinski definition) is 4. The van der Waals surface area contributed by atoms with Crippen LogP contribution in [0.5, 0.6) is 5.75 Å². The maximum absolute atomic E-state index is 11.8. The van der Waals surface area contributed by atoms with Gasteiger partial charge in [0.2, 0.25) is 5.91 Å². The van der Waals surface area contributed by atoms with Gasteiger partial charge in [-0.3, -0.25) is 20.4 Å². The normalized spacial score (nSPS) is 10.3. The number of furan rings is 1. The molecule has 0 aliphatic rings. The van der Waals surface area contributed by atoms with Crippen LogP contribution in [-0.4, -0.2) is 18.4 Å². The second-order valence-electron chi connectivity index (χ2n) is 5.30. The van der Waals surface area contributed by atoms with Crippen molar-refractivity contribution >= 4 is 23.4 Å². The molecule has 2 amide bonds. The summed E-state index contributed by atoms with van der Waals surface area (Å²) in [6, 6.07) is 7.04. The molecular weight excluding hydrogens is 332 g/mol. The van der Waals surface area contributed by atoms with Crippen molar-refractivity contribution in [1.29, 1.82) is 0 Å². The number of carbonyl (C=O) groups excluding carboxylic acids is 2. The van der Waals surface area contributed by atoms with Crippen molar-refractivity contribution in [3.05, 3.63) is 52.4 Å². The summed E-state index contributed by atoms with van der Waals surface area (Å²) < 4.78 is 10.6. The predicted octanol–water partition coefficient (Wildman–Crippen LogP) is 3.17. The Bertz CT molecular complexity index is 727. The minimum Gasteiger partial charge on any atom is -0.493 e. The third kappa shape index (κ3) is 5.03. The lowest BCUT2D eigenvalue weighted by molar-refractivity contribution is -0.122. The van der Waals surface area contributed by atoms with Gasteiger partial charge in [-0.25, -0.2) is 0 Å². The summed E-state index contributed by atoms with van der Waals surface area (Å²) in [5.74, 6) is 0.126. The highest BCUT2D eigenvalue weighted by atomic mass is 35.5. The summed E-state index contributed by atoms with van der Waals surface area (Å²) in [5, 5.41) is 0.654. The van der Waals surface area contributed by atoms with Crippen LogP contribution < -0.4 is 15.6 Å². The van der Waals surface area contributed by atoms with E-state index in [2.05, 4.69) is 10.9 Å². The van der Waals surface area contributed by atoms with Gasteiger partial charge in [-0.2, -0.15) is 0 Å². The SMILES string of the molecule is Cc1cc(Cl)ccc1OCCCC(=O)NNC(=O)c1occc1C. The first-order valence-electron chi connectivity index (χ1n) is 7.49. The van der Waals surface area contributed by atoms with Gasteiger partial charge in [0.25, 0.3) is 0 Å². The van der Waals surface area contributed by atoms with E-state index < -0.39 is 5.91 Å². The van der Waals surface area contributed by atoms with Gasteiger partial charge in [0, 0.05) is 17.0 Å². The number of hydrazine groups is 1. The molecule has 1 aromatic carbocycles. The molecule has 0 aliphatic carbocycles. The first kappa shape index (κ1) is 17.9. The zero-order valence-corrected chi connectivity index (χ0v) is 14.3. The van der Waals surface area contributed by atoms with Crippen LogP contribution in [0, 0.1) is 13.8 Å². The largest absolute Gasteiger partial charge is 0.493 e. The van der Waals surface area contributed by atoms with Crippen molar-refractivity contribution in [1.82, 2.24) is 10.9 Å². The maximum atomic E-state index is 11.8. The first-order valence-corrected chi connectivity index (χ1v) is 7.87. The fraction of sp³-hybridized carbons (Fsp3) is 0.294. The van der Waals surface area contributed by atoms with Crippen LogP contribution in [0.2, 0.25) is 5.02 Å². The van der Waals surface area contributed by atoms with Crippen LogP contribution in [0.25, 0.3) is 0 Å². The van der Waals surface area contributed by atoms with Gasteiger partial charge in [0.05, 0.1) is 12.9 Å². The molecule has 0 radical (unpaired) electrons. The molecule has 2 N–H and O–H groups in total. The Morgan fingerprint density at radius 2 is 1.96 bits per heavy atom. The van der Waals surface area contributed by atoms with Crippen LogP contribution in [0.15, 0.2) is 34.9 Å². The molecule has 0 atom stereocenters. The van der Waals surface area contributed by atoms with Crippen molar-refractivity contribution in [2.45, 2.75) is 26.7 Å². The Kier molecular flexibility index (Phi) is 6.26. The molecule has 7 heteroatoms. The lowest BCUT2D eigenvalue weighted by Gasteiger charge is -2.09. The van der Waals surface area contributed by atoms with Crippen LogP contribution in [0.1, 0.15) is 34.5 Å². The average molecular weight is 351 g/mol. The Morgan fingerprint density at radius 3 is 2.62 bits per heavy atom. The molecule has 1 aromatic heterocycles. The zero-order valence-electron chi connectivity index (χ0n) is 13.5. The number of carbonyl (C=O) groups is 2. The number of ether oxygens (including phenoxy) is 1. The Balaban J connectivity index is 1.66. The fourth-order valence-electron chi connectivity index (χ4n) is 2.04. The van der Waals surface area contributed by atoms with Gasteiger partial charge in [-0.15, -0.1) is 0 Å². The lowest BCUT2D eigenvalue weighted by atomic mass is 10.2. The lowest BCUT2D eigenvalue weighted by Crippen LogP contribution is -2.41. The van der Waals surface area contributed by atoms with Gasteiger partial charge in [0.1, 0.15) is 5.75 Å². The maximum Gasteiger partial charge on any atom is 0.305 e. The minimum atomic E-state index is -0.487. The smallest absolute Gasteiger partial charge is 0.305 e. The van der Waals surface area contributed by atoms with E-state index in [4.69, 9.17) is 20.8 Å². The molecule has 128 valence electrons. The Hall–Kier alpha value is -2.47. The molecule has 0 unspecified atom stereocenters. The summed E-state index contributed by atoms with van der Waals surface area (Å²) in [4.78, 5) is 23.5. The van der Waals surface area contributed by atoms with Crippen molar-refractivity contribution in [2.75, 3.05) is 6.61 Å². The summed E-state index contributed by atoms with van der Waals surface area (Å²) in [6.07, 6.45) is 2.16. The summed E-state index contributed by atoms with van der Waals surface area (Å²) in [7, 11) is 0. The van der Waals surface area contributed by atoms with Crippen molar-refractivity contribution in [3.8, 4) is 5.75 Å². The number of hydrogen-bond donors (Lipinski definition) is 2. The Morgan fingerprint density at radius 1 is 1.17 bits per heavy atom. The van der Waals surface area contributed by atoms with Gasteiger partial charge in [0.15, 0.2) is 5.76 Å². The number of nitrogens with one attached hydrogen (secondary N) is 2. The van der Waals surface area contributed by atoms with Crippen LogP contribution in [0.3, 0.4) is 0 Å². The number of rotatable bonds is 6. The van der Waals surface area contributed by atoms with E-state index in [1.165, 1.54) is 6.26 Å². The Labute approximate surface area is 145 Å².